The molecule has 0 aliphatic heterocycles. The maximum absolute atomic E-state index is 12.1. The van der Waals surface area contributed by atoms with Crippen molar-refractivity contribution in [2.45, 2.75) is 19.0 Å². The van der Waals surface area contributed by atoms with Crippen LogP contribution in [0, 0.1) is 6.92 Å². The summed E-state index contributed by atoms with van der Waals surface area (Å²) in [4.78, 5) is 0. The van der Waals surface area contributed by atoms with Crippen LogP contribution >= 0.6 is 0 Å². The molecule has 0 saturated carbocycles. The number of aryl methyl sites for hydroxylation is 1. The molecular formula is C15H14F3NO3S. The molecule has 8 heteroatoms. The highest BCUT2D eigenvalue weighted by Gasteiger charge is 2.31. The van der Waals surface area contributed by atoms with E-state index in [1.54, 1.807) is 31.2 Å². The summed E-state index contributed by atoms with van der Waals surface area (Å²) in [6.07, 6.45) is -4.79. The Bertz CT molecular complexity index is 771. The molecule has 0 aromatic heterocycles. The normalized spacial score (nSPS) is 12.0. The van der Waals surface area contributed by atoms with Gasteiger partial charge in [0.25, 0.3) is 0 Å². The molecule has 0 saturated heterocycles. The van der Waals surface area contributed by atoms with E-state index >= 15 is 0 Å². The molecule has 124 valence electrons. The van der Waals surface area contributed by atoms with Gasteiger partial charge in [-0.15, -0.1) is 13.2 Å². The molecule has 0 heterocycles. The lowest BCUT2D eigenvalue weighted by Crippen LogP contribution is -2.17. The van der Waals surface area contributed by atoms with E-state index < -0.39 is 22.1 Å². The highest BCUT2D eigenvalue weighted by Crippen LogP contribution is 2.24. The van der Waals surface area contributed by atoms with Gasteiger partial charge in [-0.25, -0.2) is 8.42 Å². The minimum absolute atomic E-state index is 0.160. The van der Waals surface area contributed by atoms with Crippen LogP contribution in [0.1, 0.15) is 11.1 Å². The van der Waals surface area contributed by atoms with Gasteiger partial charge in [0.15, 0.2) is 0 Å². The molecular weight excluding hydrogens is 331 g/mol. The van der Waals surface area contributed by atoms with E-state index in [9.17, 15) is 21.6 Å². The average molecular weight is 345 g/mol. The molecule has 0 spiro atoms. The van der Waals surface area contributed by atoms with Gasteiger partial charge >= 0.3 is 6.36 Å². The third-order valence-electron chi connectivity index (χ3n) is 2.97. The minimum Gasteiger partial charge on any atom is -0.406 e. The number of nitrogens with one attached hydrogen (secondary N) is 1. The van der Waals surface area contributed by atoms with Gasteiger partial charge in [-0.2, -0.15) is 0 Å². The van der Waals surface area contributed by atoms with Gasteiger partial charge in [0.1, 0.15) is 5.75 Å². The number of hydrogen-bond donors (Lipinski definition) is 1. The van der Waals surface area contributed by atoms with Crippen LogP contribution in [0.2, 0.25) is 0 Å². The molecule has 23 heavy (non-hydrogen) atoms. The second-order valence-corrected chi connectivity index (χ2v) is 6.58. The van der Waals surface area contributed by atoms with Crippen molar-refractivity contribution in [1.82, 2.24) is 0 Å². The van der Waals surface area contributed by atoms with Crippen LogP contribution in [-0.2, 0) is 15.8 Å². The topological polar surface area (TPSA) is 55.4 Å². The molecule has 0 bridgehead atoms. The highest BCUT2D eigenvalue weighted by molar-refractivity contribution is 7.91. The van der Waals surface area contributed by atoms with Crippen LogP contribution in [0.25, 0.3) is 0 Å². The van der Waals surface area contributed by atoms with Crippen LogP contribution in [0.3, 0.4) is 0 Å². The third kappa shape index (κ3) is 5.48. The molecule has 0 unspecified atom stereocenters. The molecule has 0 fully saturated rings. The van der Waals surface area contributed by atoms with E-state index in [-0.39, 0.29) is 11.4 Å². The summed E-state index contributed by atoms with van der Waals surface area (Å²) in [5.41, 5.74) is 1.65. The lowest BCUT2D eigenvalue weighted by Gasteiger charge is -2.11. The zero-order chi connectivity index (χ0) is 17.1. The first kappa shape index (κ1) is 17.1. The number of rotatable bonds is 5. The van der Waals surface area contributed by atoms with Crippen LogP contribution < -0.4 is 9.46 Å². The molecule has 0 radical (unpaired) electrons. The number of halogens is 3. The molecule has 0 aliphatic carbocycles. The van der Waals surface area contributed by atoms with Crippen molar-refractivity contribution in [2.75, 3.05) is 4.72 Å². The number of benzene rings is 2. The first-order valence-corrected chi connectivity index (χ1v) is 8.21. The van der Waals surface area contributed by atoms with Crippen LogP contribution in [-0.4, -0.2) is 14.8 Å². The fourth-order valence-electron chi connectivity index (χ4n) is 1.92. The Balaban J connectivity index is 2.07. The summed E-state index contributed by atoms with van der Waals surface area (Å²) < 4.78 is 66.4. The van der Waals surface area contributed by atoms with E-state index in [0.717, 1.165) is 17.7 Å². The van der Waals surface area contributed by atoms with Crippen molar-refractivity contribution in [3.63, 3.8) is 0 Å². The van der Waals surface area contributed by atoms with Gasteiger partial charge in [0.05, 0.1) is 5.75 Å². The first-order chi connectivity index (χ1) is 10.6. The van der Waals surface area contributed by atoms with Crippen molar-refractivity contribution in [3.8, 4) is 5.75 Å². The number of anilines is 1. The minimum atomic E-state index is -4.79. The monoisotopic (exact) mass is 345 g/mol. The predicted octanol–water partition coefficient (Wildman–Crippen LogP) is 3.84. The standard InChI is InChI=1S/C15H14F3NO3S/c1-11-4-2-3-5-12(11)10-23(20,21)19-13-6-8-14(9-7-13)22-15(16,17)18/h2-9,19H,10H2,1H3. The Hall–Kier alpha value is -2.22. The average Bonchev–Trinajstić information content (AvgIpc) is 2.41. The van der Waals surface area contributed by atoms with E-state index in [1.165, 1.54) is 12.1 Å². The SMILES string of the molecule is Cc1ccccc1CS(=O)(=O)Nc1ccc(OC(F)(F)F)cc1. The summed E-state index contributed by atoms with van der Waals surface area (Å²) in [5, 5.41) is 0. The summed E-state index contributed by atoms with van der Waals surface area (Å²) in [6.45, 7) is 1.80. The van der Waals surface area contributed by atoms with Crippen molar-refractivity contribution < 1.29 is 26.3 Å². The molecule has 0 aliphatic rings. The number of sulfonamides is 1. The maximum Gasteiger partial charge on any atom is 0.573 e. The van der Waals surface area contributed by atoms with Crippen LogP contribution in [0.15, 0.2) is 48.5 Å². The molecule has 0 atom stereocenters. The van der Waals surface area contributed by atoms with Gasteiger partial charge in [0.2, 0.25) is 10.0 Å². The van der Waals surface area contributed by atoms with Gasteiger partial charge in [-0.1, -0.05) is 24.3 Å². The Kier molecular flexibility index (Phi) is 4.84. The second kappa shape index (κ2) is 6.49. The highest BCUT2D eigenvalue weighted by atomic mass is 32.2. The lowest BCUT2D eigenvalue weighted by molar-refractivity contribution is -0.274. The summed E-state index contributed by atoms with van der Waals surface area (Å²) in [6, 6.07) is 11.5. The maximum atomic E-state index is 12.1. The Labute approximate surface area is 132 Å². The predicted molar refractivity (Wildman–Crippen MR) is 80.6 cm³/mol. The Morgan fingerprint density at radius 3 is 2.22 bits per heavy atom. The Morgan fingerprint density at radius 2 is 1.65 bits per heavy atom. The smallest absolute Gasteiger partial charge is 0.406 e. The van der Waals surface area contributed by atoms with Gasteiger partial charge in [0, 0.05) is 5.69 Å². The van der Waals surface area contributed by atoms with Gasteiger partial charge in [-0.3, -0.25) is 4.72 Å². The molecule has 4 nitrogen and oxygen atoms in total. The molecule has 2 rings (SSSR count). The van der Waals surface area contributed by atoms with E-state index in [2.05, 4.69) is 9.46 Å². The Morgan fingerprint density at radius 1 is 1.04 bits per heavy atom. The van der Waals surface area contributed by atoms with E-state index in [0.29, 0.717) is 5.56 Å². The number of alkyl halides is 3. The fraction of sp³-hybridized carbons (Fsp3) is 0.200. The fourth-order valence-corrected chi connectivity index (χ4v) is 3.22. The van der Waals surface area contributed by atoms with Crippen molar-refractivity contribution in [2.24, 2.45) is 0 Å². The molecule has 2 aromatic carbocycles. The van der Waals surface area contributed by atoms with Crippen molar-refractivity contribution in [1.29, 1.82) is 0 Å². The van der Waals surface area contributed by atoms with Crippen LogP contribution in [0.5, 0.6) is 5.75 Å². The van der Waals surface area contributed by atoms with Crippen molar-refractivity contribution >= 4 is 15.7 Å². The lowest BCUT2D eigenvalue weighted by atomic mass is 10.1. The van der Waals surface area contributed by atoms with Crippen LogP contribution in [0.4, 0.5) is 18.9 Å². The van der Waals surface area contributed by atoms with Gasteiger partial charge < -0.3 is 4.74 Å². The largest absolute Gasteiger partial charge is 0.573 e. The molecule has 1 N–H and O–H groups in total. The first-order valence-electron chi connectivity index (χ1n) is 6.55. The summed E-state index contributed by atoms with van der Waals surface area (Å²) in [7, 11) is -3.67. The number of ether oxygens (including phenoxy) is 1. The summed E-state index contributed by atoms with van der Waals surface area (Å²) >= 11 is 0. The van der Waals surface area contributed by atoms with E-state index in [4.69, 9.17) is 0 Å². The summed E-state index contributed by atoms with van der Waals surface area (Å²) in [5.74, 6) is -0.639. The number of hydrogen-bond acceptors (Lipinski definition) is 3. The second-order valence-electron chi connectivity index (χ2n) is 4.86. The van der Waals surface area contributed by atoms with Gasteiger partial charge in [-0.05, 0) is 42.3 Å². The quantitative estimate of drug-likeness (QED) is 0.896. The zero-order valence-electron chi connectivity index (χ0n) is 12.1. The third-order valence-corrected chi connectivity index (χ3v) is 4.21. The molecule has 0 amide bonds. The molecule has 2 aromatic rings. The van der Waals surface area contributed by atoms with Crippen molar-refractivity contribution in [3.05, 3.63) is 59.7 Å². The zero-order valence-corrected chi connectivity index (χ0v) is 12.9. The van der Waals surface area contributed by atoms with E-state index in [1.807, 2.05) is 0 Å².